The lowest BCUT2D eigenvalue weighted by Gasteiger charge is -2.18. The van der Waals surface area contributed by atoms with Crippen molar-refractivity contribution in [1.29, 1.82) is 0 Å². The Labute approximate surface area is 134 Å². The van der Waals surface area contributed by atoms with Gasteiger partial charge in [0.15, 0.2) is 0 Å². The van der Waals surface area contributed by atoms with E-state index in [1.165, 1.54) is 0 Å². The summed E-state index contributed by atoms with van der Waals surface area (Å²) in [6.45, 7) is 2.78. The Morgan fingerprint density at radius 1 is 1.45 bits per heavy atom. The summed E-state index contributed by atoms with van der Waals surface area (Å²) in [5.41, 5.74) is 1.93. The number of carbonyl (C=O) groups is 1. The predicted molar refractivity (Wildman–Crippen MR) is 87.3 cm³/mol. The first-order valence-electron chi connectivity index (χ1n) is 7.70. The maximum atomic E-state index is 12.3. The van der Waals surface area contributed by atoms with Gasteiger partial charge in [0.1, 0.15) is 5.75 Å². The molecule has 1 aliphatic heterocycles. The monoisotopic (exact) mass is 316 g/mol. The molecule has 1 aromatic heterocycles. The Hall–Kier alpha value is -1.88. The Kier molecular flexibility index (Phi) is 4.73. The van der Waals surface area contributed by atoms with Gasteiger partial charge in [0.25, 0.3) is 0 Å². The van der Waals surface area contributed by atoms with Gasteiger partial charge in [0.05, 0.1) is 29.8 Å². The molecular formula is C17H20N2O2S. The number of benzene rings is 1. The molecule has 0 spiro atoms. The summed E-state index contributed by atoms with van der Waals surface area (Å²) in [6, 6.07) is 7.97. The van der Waals surface area contributed by atoms with Gasteiger partial charge in [0.2, 0.25) is 5.91 Å². The number of amides is 1. The molecule has 0 saturated carbocycles. The number of rotatable bonds is 4. The molecule has 2 heterocycles. The topological polar surface area (TPSA) is 51.2 Å². The minimum absolute atomic E-state index is 0.0228. The second-order valence-corrected chi connectivity index (χ2v) is 6.35. The molecule has 4 nitrogen and oxygen atoms in total. The van der Waals surface area contributed by atoms with Crippen molar-refractivity contribution >= 4 is 17.2 Å². The van der Waals surface area contributed by atoms with E-state index in [0.717, 1.165) is 41.3 Å². The van der Waals surface area contributed by atoms with Crippen LogP contribution in [0, 0.1) is 0 Å². The Bertz CT molecular complexity index is 654. The van der Waals surface area contributed by atoms with E-state index >= 15 is 0 Å². The van der Waals surface area contributed by atoms with Crippen molar-refractivity contribution in [3.63, 3.8) is 0 Å². The van der Waals surface area contributed by atoms with Gasteiger partial charge < -0.3 is 10.1 Å². The van der Waals surface area contributed by atoms with Gasteiger partial charge in [-0.1, -0.05) is 25.1 Å². The summed E-state index contributed by atoms with van der Waals surface area (Å²) >= 11 is 1.62. The number of hydrogen-bond acceptors (Lipinski definition) is 4. The molecule has 0 saturated heterocycles. The standard InChI is InChI=1S/C17H20N2O2S/c1-2-17-18-12(11-22-17)10-16(20)19-14-7-5-9-21-15-8-4-3-6-13(14)15/h3-4,6,8,11,14H,2,5,7,9-10H2,1H3,(H,19,20)/t14-/m0/s1. The van der Waals surface area contributed by atoms with Crippen LogP contribution in [-0.4, -0.2) is 17.5 Å². The Morgan fingerprint density at radius 2 is 2.32 bits per heavy atom. The largest absolute Gasteiger partial charge is 0.493 e. The number of nitrogens with zero attached hydrogens (tertiary/aromatic N) is 1. The Balaban J connectivity index is 1.68. The summed E-state index contributed by atoms with van der Waals surface area (Å²) in [7, 11) is 0. The molecular weight excluding hydrogens is 296 g/mol. The van der Waals surface area contributed by atoms with Crippen molar-refractivity contribution in [2.75, 3.05) is 6.61 Å². The molecule has 0 unspecified atom stereocenters. The zero-order valence-electron chi connectivity index (χ0n) is 12.7. The van der Waals surface area contributed by atoms with Crippen molar-refractivity contribution in [2.45, 2.75) is 38.6 Å². The SMILES string of the molecule is CCc1nc(CC(=O)N[C@H]2CCCOc3ccccc32)cs1. The average molecular weight is 316 g/mol. The molecule has 0 fully saturated rings. The zero-order valence-corrected chi connectivity index (χ0v) is 13.5. The van der Waals surface area contributed by atoms with Crippen LogP contribution in [0.15, 0.2) is 29.6 Å². The van der Waals surface area contributed by atoms with Crippen LogP contribution in [0.5, 0.6) is 5.75 Å². The molecule has 3 rings (SSSR count). The summed E-state index contributed by atoms with van der Waals surface area (Å²) in [5, 5.41) is 6.19. The number of fused-ring (bicyclic) bond motifs is 1. The molecule has 1 N–H and O–H groups in total. The third-order valence-corrected chi connectivity index (χ3v) is 4.81. The lowest BCUT2D eigenvalue weighted by molar-refractivity contribution is -0.121. The molecule has 0 bridgehead atoms. The van der Waals surface area contributed by atoms with Crippen LogP contribution in [0.1, 0.15) is 42.1 Å². The van der Waals surface area contributed by atoms with Crippen LogP contribution in [0.4, 0.5) is 0 Å². The van der Waals surface area contributed by atoms with Crippen LogP contribution in [0.3, 0.4) is 0 Å². The molecule has 116 valence electrons. The third kappa shape index (κ3) is 3.47. The third-order valence-electron chi connectivity index (χ3n) is 3.77. The number of aryl methyl sites for hydroxylation is 1. The van der Waals surface area contributed by atoms with Crippen LogP contribution >= 0.6 is 11.3 Å². The van der Waals surface area contributed by atoms with E-state index in [9.17, 15) is 4.79 Å². The molecule has 0 aliphatic carbocycles. The van der Waals surface area contributed by atoms with Gasteiger partial charge in [0, 0.05) is 10.9 Å². The summed E-state index contributed by atoms with van der Waals surface area (Å²) in [4.78, 5) is 16.8. The normalized spacial score (nSPS) is 17.2. The number of nitrogens with one attached hydrogen (secondary N) is 1. The van der Waals surface area contributed by atoms with E-state index in [0.29, 0.717) is 13.0 Å². The van der Waals surface area contributed by atoms with Crippen LogP contribution < -0.4 is 10.1 Å². The lowest BCUT2D eigenvalue weighted by Crippen LogP contribution is -2.29. The van der Waals surface area contributed by atoms with Gasteiger partial charge in [-0.25, -0.2) is 4.98 Å². The molecule has 5 heteroatoms. The molecule has 0 radical (unpaired) electrons. The average Bonchev–Trinajstić information content (AvgIpc) is 2.88. The van der Waals surface area contributed by atoms with Gasteiger partial charge in [-0.2, -0.15) is 0 Å². The number of para-hydroxylation sites is 1. The van der Waals surface area contributed by atoms with Crippen LogP contribution in [0.2, 0.25) is 0 Å². The van der Waals surface area contributed by atoms with E-state index < -0.39 is 0 Å². The lowest BCUT2D eigenvalue weighted by atomic mass is 10.0. The summed E-state index contributed by atoms with van der Waals surface area (Å²) < 4.78 is 5.73. The van der Waals surface area contributed by atoms with Gasteiger partial charge >= 0.3 is 0 Å². The van der Waals surface area contributed by atoms with Gasteiger partial charge in [-0.3, -0.25) is 4.79 Å². The van der Waals surface area contributed by atoms with E-state index in [1.54, 1.807) is 11.3 Å². The smallest absolute Gasteiger partial charge is 0.226 e. The molecule has 1 aromatic carbocycles. The number of carbonyl (C=O) groups excluding carboxylic acids is 1. The maximum Gasteiger partial charge on any atom is 0.226 e. The quantitative estimate of drug-likeness (QED) is 0.942. The number of hydrogen-bond donors (Lipinski definition) is 1. The van der Waals surface area contributed by atoms with E-state index in [1.807, 2.05) is 29.6 Å². The van der Waals surface area contributed by atoms with Crippen molar-refractivity contribution < 1.29 is 9.53 Å². The highest BCUT2D eigenvalue weighted by atomic mass is 32.1. The minimum atomic E-state index is 0.0228. The van der Waals surface area contributed by atoms with Gasteiger partial charge in [-0.15, -0.1) is 11.3 Å². The van der Waals surface area contributed by atoms with E-state index in [2.05, 4.69) is 17.2 Å². The van der Waals surface area contributed by atoms with Crippen molar-refractivity contribution in [2.24, 2.45) is 0 Å². The fourth-order valence-electron chi connectivity index (χ4n) is 2.68. The second kappa shape index (κ2) is 6.92. The first-order chi connectivity index (χ1) is 10.8. The van der Waals surface area contributed by atoms with E-state index in [-0.39, 0.29) is 11.9 Å². The zero-order chi connectivity index (χ0) is 15.4. The fraction of sp³-hybridized carbons (Fsp3) is 0.412. The predicted octanol–water partition coefficient (Wildman–Crippen LogP) is 3.28. The van der Waals surface area contributed by atoms with Crippen molar-refractivity contribution in [1.82, 2.24) is 10.3 Å². The molecule has 22 heavy (non-hydrogen) atoms. The summed E-state index contributed by atoms with van der Waals surface area (Å²) in [5.74, 6) is 0.905. The van der Waals surface area contributed by atoms with E-state index in [4.69, 9.17) is 4.74 Å². The first-order valence-corrected chi connectivity index (χ1v) is 8.58. The first kappa shape index (κ1) is 15.0. The molecule has 2 aromatic rings. The van der Waals surface area contributed by atoms with Crippen molar-refractivity contribution in [3.05, 3.63) is 45.9 Å². The molecule has 1 atom stereocenters. The fourth-order valence-corrected chi connectivity index (χ4v) is 3.42. The number of aromatic nitrogens is 1. The maximum absolute atomic E-state index is 12.3. The highest BCUT2D eigenvalue weighted by Gasteiger charge is 2.21. The van der Waals surface area contributed by atoms with Gasteiger partial charge in [-0.05, 0) is 25.3 Å². The Morgan fingerprint density at radius 3 is 3.14 bits per heavy atom. The molecule has 1 aliphatic rings. The number of thiazole rings is 1. The minimum Gasteiger partial charge on any atom is -0.493 e. The molecule has 1 amide bonds. The highest BCUT2D eigenvalue weighted by Crippen LogP contribution is 2.31. The van der Waals surface area contributed by atoms with Crippen LogP contribution in [-0.2, 0) is 17.6 Å². The second-order valence-electron chi connectivity index (χ2n) is 5.41. The van der Waals surface area contributed by atoms with Crippen LogP contribution in [0.25, 0.3) is 0 Å². The highest BCUT2D eigenvalue weighted by molar-refractivity contribution is 7.09. The summed E-state index contributed by atoms with van der Waals surface area (Å²) in [6.07, 6.45) is 3.10. The number of ether oxygens (including phenoxy) is 1. The van der Waals surface area contributed by atoms with Crippen molar-refractivity contribution in [3.8, 4) is 5.75 Å².